The van der Waals surface area contributed by atoms with Gasteiger partial charge in [0, 0.05) is 96.0 Å². The van der Waals surface area contributed by atoms with Crippen LogP contribution in [0, 0.1) is 26.2 Å². The molecule has 0 unspecified atom stereocenters. The van der Waals surface area contributed by atoms with Crippen LogP contribution >= 0.6 is 0 Å². The second kappa shape index (κ2) is 21.3. The maximum atomic E-state index is 10.8. The molecule has 0 amide bonds. The minimum atomic E-state index is -0.218. The van der Waals surface area contributed by atoms with Crippen LogP contribution in [0.5, 0.6) is 0 Å². The quantitative estimate of drug-likeness (QED) is 0.481. The third-order valence-corrected chi connectivity index (χ3v) is 2.88. The molecular weight excluding hydrogens is 506 g/mol. The summed E-state index contributed by atoms with van der Waals surface area (Å²) in [5.74, 6) is 0. The molecule has 0 N–H and O–H groups in total. The van der Waals surface area contributed by atoms with Gasteiger partial charge in [-0.1, -0.05) is 26.2 Å². The second-order valence-corrected chi connectivity index (χ2v) is 4.63. The van der Waals surface area contributed by atoms with E-state index < -0.39 is 0 Å². The van der Waals surface area contributed by atoms with Gasteiger partial charge in [-0.15, -0.1) is 6.07 Å². The predicted octanol–water partition coefficient (Wildman–Crippen LogP) is 3.17. The smallest absolute Gasteiger partial charge is 0.229 e. The Bertz CT molecular complexity index is 776. The van der Waals surface area contributed by atoms with Crippen molar-refractivity contribution in [3.05, 3.63) is 61.6 Å². The fourth-order valence-electron chi connectivity index (χ4n) is 1.92. The number of aromatic nitrogens is 6. The number of aryl methyl sites for hydroxylation is 2. The minimum absolute atomic E-state index is 0. The maximum Gasteiger partial charge on any atom is 0.229 e. The Morgan fingerprint density at radius 2 is 1.61 bits per heavy atom. The van der Waals surface area contributed by atoms with Gasteiger partial charge in [-0.05, 0) is 19.0 Å². The van der Waals surface area contributed by atoms with E-state index in [0.717, 1.165) is 37.1 Å². The Morgan fingerprint density at radius 3 is 2.18 bits per heavy atom. The van der Waals surface area contributed by atoms with Crippen LogP contribution in [-0.2, 0) is 78.5 Å². The average Bonchev–Trinajstić information content (AvgIpc) is 3.11. The summed E-state index contributed by atoms with van der Waals surface area (Å²) in [6, 6.07) is 1.64. The first kappa shape index (κ1) is 32.3. The molecule has 0 atom stereocenters. The summed E-state index contributed by atoms with van der Waals surface area (Å²) in [5, 5.41) is 0. The topological polar surface area (TPSA) is 78.5 Å². The molecule has 0 aliphatic carbocycles. The van der Waals surface area contributed by atoms with Crippen LogP contribution < -0.4 is 5.69 Å². The molecule has 0 aliphatic heterocycles. The summed E-state index contributed by atoms with van der Waals surface area (Å²) in [6.45, 7) is 15.8. The zero-order chi connectivity index (χ0) is 19.8. The Hall–Kier alpha value is -0.362. The van der Waals surface area contributed by atoms with Gasteiger partial charge in [-0.2, -0.15) is 13.8 Å². The van der Waals surface area contributed by atoms with Crippen molar-refractivity contribution in [2.75, 3.05) is 0 Å². The van der Waals surface area contributed by atoms with Crippen molar-refractivity contribution < 1.29 is 65.4 Å². The third-order valence-electron chi connectivity index (χ3n) is 2.88. The first-order chi connectivity index (χ1) is 12.8. The van der Waals surface area contributed by atoms with Crippen LogP contribution in [0.4, 0.5) is 0 Å². The molecule has 28 heavy (non-hydrogen) atoms. The van der Waals surface area contributed by atoms with Gasteiger partial charge < -0.3 is 42.7 Å². The molecule has 0 saturated heterocycles. The summed E-state index contributed by atoms with van der Waals surface area (Å²) in [5.41, 5.74) is 1.39. The van der Waals surface area contributed by atoms with Crippen molar-refractivity contribution >= 4 is 11.2 Å². The summed E-state index contributed by atoms with van der Waals surface area (Å²) in [6.07, 6.45) is 12.3. The normalized spacial score (nSPS) is 8.50. The molecule has 2 radical (unpaired) electrons. The van der Waals surface area contributed by atoms with Gasteiger partial charge in [0.1, 0.15) is 0 Å². The number of imidazole rings is 1. The summed E-state index contributed by atoms with van der Waals surface area (Å²) in [4.78, 5) is 26.3. The first-order valence-electron chi connectivity index (χ1n) is 8.64. The van der Waals surface area contributed by atoms with E-state index in [0.29, 0.717) is 0 Å². The molecule has 3 aromatic heterocycles. The van der Waals surface area contributed by atoms with Crippen LogP contribution in [0.2, 0.25) is 0 Å². The van der Waals surface area contributed by atoms with Gasteiger partial charge in [0.15, 0.2) is 0 Å². The zero-order valence-corrected chi connectivity index (χ0v) is 23.0. The number of hydrogen-bond donors (Lipinski definition) is 0. The van der Waals surface area contributed by atoms with Crippen molar-refractivity contribution in [3.8, 4) is 0 Å². The van der Waals surface area contributed by atoms with Crippen molar-refractivity contribution in [1.29, 1.82) is 0 Å². The second-order valence-electron chi connectivity index (χ2n) is 4.63. The van der Waals surface area contributed by atoms with Crippen molar-refractivity contribution in [2.24, 2.45) is 0 Å². The van der Waals surface area contributed by atoms with E-state index in [1.54, 1.807) is 37.0 Å². The molecule has 150 valence electrons. The van der Waals surface area contributed by atoms with Gasteiger partial charge in [-0.25, -0.2) is 0 Å². The SMILES string of the molecule is CCCn1cc[c-]nc1=O.CCCn1cnc2[c-]ncnc21.[CH2-]C.[CH2-]C.[Y].[Y]. The Balaban J connectivity index is -0.000000361. The van der Waals surface area contributed by atoms with Crippen LogP contribution in [-0.4, -0.2) is 29.1 Å². The number of fused-ring (bicyclic) bond motifs is 1. The Kier molecular flexibility index (Phi) is 24.6. The third kappa shape index (κ3) is 11.6. The standard InChI is InChI=1S/C8H9N4.C7H9N2O.2C2H5.2Y/c1-2-3-12-6-11-7-4-9-5-10-8(7)12;1-2-5-9-6-3-4-8-7(9)10;2*1-2;;/h5-6H,2-3H2,1H3;3,6H,2,5H2,1H3;2*1H2,2H3;;/q4*-1;;. The molecule has 3 aromatic rings. The van der Waals surface area contributed by atoms with Crippen LogP contribution in [0.15, 0.2) is 29.7 Å². The fourth-order valence-corrected chi connectivity index (χ4v) is 1.92. The number of nitrogens with zero attached hydrogens (tertiary/aromatic N) is 6. The van der Waals surface area contributed by atoms with E-state index in [9.17, 15) is 4.79 Å². The van der Waals surface area contributed by atoms with E-state index in [1.165, 1.54) is 6.33 Å². The van der Waals surface area contributed by atoms with E-state index in [2.05, 4.69) is 53.1 Å². The molecule has 0 aliphatic rings. The van der Waals surface area contributed by atoms with Crippen molar-refractivity contribution in [1.82, 2.24) is 29.1 Å². The van der Waals surface area contributed by atoms with E-state index in [1.807, 2.05) is 11.5 Å². The number of hydrogen-bond acceptors (Lipinski definition) is 5. The van der Waals surface area contributed by atoms with Crippen LogP contribution in [0.25, 0.3) is 11.2 Å². The van der Waals surface area contributed by atoms with Gasteiger partial charge in [-0.3, -0.25) is 4.98 Å². The molecular formula is C19H28N6OY2-4. The molecule has 7 nitrogen and oxygen atoms in total. The molecule has 3 rings (SSSR count). The molecule has 0 aromatic carbocycles. The fraction of sp³-hybridized carbons (Fsp3) is 0.421. The van der Waals surface area contributed by atoms with Gasteiger partial charge in [0.25, 0.3) is 0 Å². The minimum Gasteiger partial charge on any atom is -0.405 e. The molecule has 3 heterocycles. The van der Waals surface area contributed by atoms with Gasteiger partial charge in [0.05, 0.1) is 6.33 Å². The Morgan fingerprint density at radius 1 is 1.00 bits per heavy atom. The largest absolute Gasteiger partial charge is 0.405 e. The zero-order valence-electron chi connectivity index (χ0n) is 17.3. The Labute approximate surface area is 218 Å². The predicted molar refractivity (Wildman–Crippen MR) is 104 cm³/mol. The van der Waals surface area contributed by atoms with Crippen LogP contribution in [0.1, 0.15) is 40.5 Å². The van der Waals surface area contributed by atoms with E-state index in [-0.39, 0.29) is 71.1 Å². The van der Waals surface area contributed by atoms with E-state index in [4.69, 9.17) is 0 Å². The molecule has 0 fully saturated rings. The van der Waals surface area contributed by atoms with Gasteiger partial charge >= 0.3 is 0 Å². The first-order valence-corrected chi connectivity index (χ1v) is 8.64. The molecule has 0 bridgehead atoms. The summed E-state index contributed by atoms with van der Waals surface area (Å²) < 4.78 is 3.57. The van der Waals surface area contributed by atoms with Crippen molar-refractivity contribution in [2.45, 2.75) is 53.6 Å². The summed E-state index contributed by atoms with van der Waals surface area (Å²) in [7, 11) is 0. The van der Waals surface area contributed by atoms with Crippen molar-refractivity contribution in [3.63, 3.8) is 0 Å². The molecule has 0 saturated carbocycles. The van der Waals surface area contributed by atoms with E-state index >= 15 is 0 Å². The molecule has 0 spiro atoms. The monoisotopic (exact) mass is 534 g/mol. The number of rotatable bonds is 4. The summed E-state index contributed by atoms with van der Waals surface area (Å²) >= 11 is 0. The van der Waals surface area contributed by atoms with Gasteiger partial charge in [0.2, 0.25) is 5.69 Å². The maximum absolute atomic E-state index is 10.8. The average molecular weight is 534 g/mol. The van der Waals surface area contributed by atoms with Crippen LogP contribution in [0.3, 0.4) is 0 Å². The molecule has 9 heteroatoms.